The van der Waals surface area contributed by atoms with Gasteiger partial charge in [-0.15, -0.1) is 0 Å². The van der Waals surface area contributed by atoms with Gasteiger partial charge in [-0.05, 0) is 65.2 Å². The zero-order chi connectivity index (χ0) is 28.5. The van der Waals surface area contributed by atoms with Gasteiger partial charge in [-0.1, -0.05) is 59.6 Å². The highest BCUT2D eigenvalue weighted by molar-refractivity contribution is 6.31. The van der Waals surface area contributed by atoms with Crippen LogP contribution in [0.25, 0.3) is 10.9 Å². The Kier molecular flexibility index (Phi) is 7.26. The summed E-state index contributed by atoms with van der Waals surface area (Å²) >= 11 is 12.4. The number of benzene rings is 4. The second-order valence-corrected chi connectivity index (χ2v) is 10.4. The van der Waals surface area contributed by atoms with E-state index in [1.54, 1.807) is 60.7 Å². The molecule has 0 radical (unpaired) electrons. The molecule has 8 nitrogen and oxygen atoms in total. The molecular weight excluding hydrogens is 565 g/mol. The van der Waals surface area contributed by atoms with Crippen LogP contribution in [0.5, 0.6) is 11.5 Å². The number of rotatable bonds is 7. The first-order chi connectivity index (χ1) is 19.9. The van der Waals surface area contributed by atoms with Crippen LogP contribution in [-0.4, -0.2) is 21.8 Å². The molecule has 10 heteroatoms. The van der Waals surface area contributed by atoms with Crippen LogP contribution in [0.3, 0.4) is 0 Å². The van der Waals surface area contributed by atoms with Crippen LogP contribution in [-0.2, 0) is 19.6 Å². The summed E-state index contributed by atoms with van der Waals surface area (Å²) in [5.74, 6) is 0.805. The zero-order valence-corrected chi connectivity index (χ0v) is 23.1. The van der Waals surface area contributed by atoms with Gasteiger partial charge in [-0.3, -0.25) is 18.7 Å². The minimum atomic E-state index is -0.520. The maximum absolute atomic E-state index is 13.9. The molecule has 0 atom stereocenters. The van der Waals surface area contributed by atoms with E-state index < -0.39 is 11.2 Å². The summed E-state index contributed by atoms with van der Waals surface area (Å²) < 4.78 is 13.5. The number of fused-ring (bicyclic) bond motifs is 2. The molecule has 1 aliphatic heterocycles. The standard InChI is InChI=1S/C31H23Cl2N3O5/c32-23-6-3-4-19(12-23)16-35-26-14-21(29(37)34-15-22-5-1-2-7-25(22)33)9-10-24(26)30(38)36(31(35)39)17-20-8-11-27-28(13-20)41-18-40-27/h1-14H,15-18H2,(H,34,37). The lowest BCUT2D eigenvalue weighted by Crippen LogP contribution is -2.40. The van der Waals surface area contributed by atoms with Gasteiger partial charge in [0.05, 0.1) is 24.0 Å². The van der Waals surface area contributed by atoms with E-state index in [0.29, 0.717) is 43.6 Å². The molecule has 5 aromatic rings. The minimum absolute atomic E-state index is 0.0276. The molecule has 0 saturated carbocycles. The Morgan fingerprint density at radius 1 is 0.805 bits per heavy atom. The number of amides is 1. The van der Waals surface area contributed by atoms with Crippen molar-refractivity contribution in [2.45, 2.75) is 19.6 Å². The van der Waals surface area contributed by atoms with Gasteiger partial charge >= 0.3 is 5.69 Å². The van der Waals surface area contributed by atoms with E-state index in [4.69, 9.17) is 32.7 Å². The van der Waals surface area contributed by atoms with Crippen molar-refractivity contribution in [1.82, 2.24) is 14.5 Å². The first-order valence-electron chi connectivity index (χ1n) is 12.8. The Labute approximate surface area is 244 Å². The van der Waals surface area contributed by atoms with Crippen molar-refractivity contribution in [3.63, 3.8) is 0 Å². The summed E-state index contributed by atoms with van der Waals surface area (Å²) in [6.07, 6.45) is 0. The largest absolute Gasteiger partial charge is 0.454 e. The number of halogens is 2. The number of carbonyl (C=O) groups excluding carboxylic acids is 1. The molecule has 2 heterocycles. The monoisotopic (exact) mass is 587 g/mol. The van der Waals surface area contributed by atoms with Crippen molar-refractivity contribution in [2.75, 3.05) is 6.79 Å². The number of hydrogen-bond donors (Lipinski definition) is 1. The van der Waals surface area contributed by atoms with Crippen LogP contribution in [0.1, 0.15) is 27.0 Å². The molecule has 0 spiro atoms. The molecule has 0 bridgehead atoms. The van der Waals surface area contributed by atoms with Crippen LogP contribution in [0.2, 0.25) is 10.0 Å². The average Bonchev–Trinajstić information content (AvgIpc) is 3.45. The molecule has 41 heavy (non-hydrogen) atoms. The Morgan fingerprint density at radius 3 is 2.41 bits per heavy atom. The van der Waals surface area contributed by atoms with Gasteiger partial charge < -0.3 is 14.8 Å². The zero-order valence-electron chi connectivity index (χ0n) is 21.6. The quantitative estimate of drug-likeness (QED) is 0.282. The number of hydrogen-bond acceptors (Lipinski definition) is 5. The van der Waals surface area contributed by atoms with Crippen molar-refractivity contribution in [3.8, 4) is 11.5 Å². The SMILES string of the molecule is O=C(NCc1ccccc1Cl)c1ccc2c(=O)n(Cc3ccc4c(c3)OCO4)c(=O)n(Cc3cccc(Cl)c3)c2c1. The van der Waals surface area contributed by atoms with Crippen LogP contribution in [0.15, 0.2) is 94.5 Å². The van der Waals surface area contributed by atoms with Gasteiger partial charge in [0.1, 0.15) is 0 Å². The summed E-state index contributed by atoms with van der Waals surface area (Å²) in [5.41, 5.74) is 1.90. The molecule has 1 aliphatic rings. The second-order valence-electron chi connectivity index (χ2n) is 9.58. The molecule has 1 N–H and O–H groups in total. The predicted octanol–water partition coefficient (Wildman–Crippen LogP) is 5.23. The second kappa shape index (κ2) is 11.2. The van der Waals surface area contributed by atoms with Crippen molar-refractivity contribution < 1.29 is 14.3 Å². The van der Waals surface area contributed by atoms with Gasteiger partial charge in [0.25, 0.3) is 11.5 Å². The van der Waals surface area contributed by atoms with E-state index in [1.165, 1.54) is 9.13 Å². The normalized spacial score (nSPS) is 12.0. The van der Waals surface area contributed by atoms with Crippen LogP contribution < -0.4 is 26.0 Å². The fraction of sp³-hybridized carbons (Fsp3) is 0.129. The topological polar surface area (TPSA) is 91.6 Å². The first kappa shape index (κ1) is 26.7. The third kappa shape index (κ3) is 5.44. The predicted molar refractivity (Wildman–Crippen MR) is 157 cm³/mol. The molecule has 0 unspecified atom stereocenters. The van der Waals surface area contributed by atoms with E-state index in [0.717, 1.165) is 11.1 Å². The number of carbonyl (C=O) groups is 1. The highest BCUT2D eigenvalue weighted by Crippen LogP contribution is 2.32. The maximum Gasteiger partial charge on any atom is 0.332 e. The summed E-state index contributed by atoms with van der Waals surface area (Å²) in [7, 11) is 0. The van der Waals surface area contributed by atoms with Crippen molar-refractivity contribution in [2.24, 2.45) is 0 Å². The Hall–Kier alpha value is -4.53. The van der Waals surface area contributed by atoms with Crippen LogP contribution in [0, 0.1) is 0 Å². The molecule has 1 amide bonds. The number of nitrogens with one attached hydrogen (secondary N) is 1. The van der Waals surface area contributed by atoms with Gasteiger partial charge in [0, 0.05) is 22.2 Å². The molecule has 4 aromatic carbocycles. The summed E-state index contributed by atoms with van der Waals surface area (Å²) in [6, 6.07) is 24.4. The molecular formula is C31H23Cl2N3O5. The Morgan fingerprint density at radius 2 is 1.59 bits per heavy atom. The van der Waals surface area contributed by atoms with Gasteiger partial charge in [-0.2, -0.15) is 0 Å². The Bertz CT molecular complexity index is 1930. The molecule has 0 saturated heterocycles. The fourth-order valence-corrected chi connectivity index (χ4v) is 5.22. The van der Waals surface area contributed by atoms with E-state index in [2.05, 4.69) is 5.32 Å². The Balaban J connectivity index is 1.42. The lowest BCUT2D eigenvalue weighted by atomic mass is 10.1. The van der Waals surface area contributed by atoms with Crippen molar-refractivity contribution >= 4 is 40.0 Å². The lowest BCUT2D eigenvalue weighted by Gasteiger charge is -2.16. The van der Waals surface area contributed by atoms with E-state index in [1.807, 2.05) is 24.3 Å². The van der Waals surface area contributed by atoms with Crippen LogP contribution >= 0.6 is 23.2 Å². The smallest absolute Gasteiger partial charge is 0.332 e. The van der Waals surface area contributed by atoms with Gasteiger partial charge in [0.2, 0.25) is 6.79 Å². The summed E-state index contributed by atoms with van der Waals surface area (Å²) in [5, 5.41) is 4.23. The lowest BCUT2D eigenvalue weighted by molar-refractivity contribution is 0.0951. The highest BCUT2D eigenvalue weighted by Gasteiger charge is 2.19. The molecule has 1 aromatic heterocycles. The highest BCUT2D eigenvalue weighted by atomic mass is 35.5. The third-order valence-electron chi connectivity index (χ3n) is 6.89. The van der Waals surface area contributed by atoms with Gasteiger partial charge in [0.15, 0.2) is 11.5 Å². The maximum atomic E-state index is 13.9. The average molecular weight is 588 g/mol. The fourth-order valence-electron chi connectivity index (χ4n) is 4.81. The summed E-state index contributed by atoms with van der Waals surface area (Å²) in [4.78, 5) is 40.6. The third-order valence-corrected chi connectivity index (χ3v) is 7.50. The van der Waals surface area contributed by atoms with E-state index in [-0.39, 0.29) is 32.3 Å². The van der Waals surface area contributed by atoms with Crippen LogP contribution in [0.4, 0.5) is 0 Å². The van der Waals surface area contributed by atoms with Crippen molar-refractivity contribution in [1.29, 1.82) is 0 Å². The molecule has 6 rings (SSSR count). The molecule has 0 fully saturated rings. The number of nitrogens with zero attached hydrogens (tertiary/aromatic N) is 2. The summed E-state index contributed by atoms with van der Waals surface area (Å²) in [6.45, 7) is 0.514. The first-order valence-corrected chi connectivity index (χ1v) is 13.5. The van der Waals surface area contributed by atoms with E-state index in [9.17, 15) is 14.4 Å². The van der Waals surface area contributed by atoms with Gasteiger partial charge in [-0.25, -0.2) is 4.79 Å². The number of ether oxygens (including phenoxy) is 2. The minimum Gasteiger partial charge on any atom is -0.454 e. The number of aromatic nitrogens is 2. The molecule has 0 aliphatic carbocycles. The molecule has 206 valence electrons. The van der Waals surface area contributed by atoms with Crippen molar-refractivity contribution in [3.05, 3.63) is 138 Å². The van der Waals surface area contributed by atoms with E-state index >= 15 is 0 Å².